The molecular formula is C22H19FN4O. The van der Waals surface area contributed by atoms with Crippen LogP contribution in [0, 0.1) is 5.82 Å². The molecule has 0 radical (unpaired) electrons. The predicted molar refractivity (Wildman–Crippen MR) is 106 cm³/mol. The van der Waals surface area contributed by atoms with E-state index in [1.807, 2.05) is 37.3 Å². The van der Waals surface area contributed by atoms with Gasteiger partial charge in [-0.3, -0.25) is 4.79 Å². The third kappa shape index (κ3) is 3.49. The second kappa shape index (κ2) is 7.60. The average Bonchev–Trinajstić information content (AvgIpc) is 3.17. The maximum atomic E-state index is 13.2. The first-order valence-corrected chi connectivity index (χ1v) is 9.09. The zero-order valence-electron chi connectivity index (χ0n) is 15.4. The number of hydrogen-bond acceptors (Lipinski definition) is 3. The molecule has 0 atom stereocenters. The minimum Gasteiger partial charge on any atom is -0.335 e. The molecule has 4 aromatic rings. The fraction of sp³-hybridized carbons (Fsp3) is 0.136. The number of nitrogens with one attached hydrogen (secondary N) is 1. The van der Waals surface area contributed by atoms with Crippen molar-refractivity contribution in [3.05, 3.63) is 83.8 Å². The SMILES string of the molecule is CCN(Cc1ccccc1)C(=O)c1ccnc2[nH]c(-c3ccc(F)cc3)nc12. The lowest BCUT2D eigenvalue weighted by Gasteiger charge is -2.21. The molecule has 6 heteroatoms. The molecule has 28 heavy (non-hydrogen) atoms. The molecule has 0 bridgehead atoms. The number of carbonyl (C=O) groups is 1. The first kappa shape index (κ1) is 17.9. The molecule has 0 unspecified atom stereocenters. The van der Waals surface area contributed by atoms with Crippen LogP contribution in [0.25, 0.3) is 22.6 Å². The van der Waals surface area contributed by atoms with Crippen molar-refractivity contribution in [1.82, 2.24) is 19.9 Å². The topological polar surface area (TPSA) is 61.9 Å². The van der Waals surface area contributed by atoms with Gasteiger partial charge in [-0.1, -0.05) is 30.3 Å². The van der Waals surface area contributed by atoms with Crippen molar-refractivity contribution >= 4 is 17.1 Å². The van der Waals surface area contributed by atoms with Gasteiger partial charge in [0.2, 0.25) is 0 Å². The Kier molecular flexibility index (Phi) is 4.85. The average molecular weight is 374 g/mol. The van der Waals surface area contributed by atoms with E-state index in [2.05, 4.69) is 15.0 Å². The molecule has 2 heterocycles. The van der Waals surface area contributed by atoms with Gasteiger partial charge in [0, 0.05) is 24.8 Å². The van der Waals surface area contributed by atoms with Gasteiger partial charge in [-0.25, -0.2) is 14.4 Å². The van der Waals surface area contributed by atoms with Gasteiger partial charge in [0.1, 0.15) is 17.2 Å². The van der Waals surface area contributed by atoms with Gasteiger partial charge in [0.25, 0.3) is 5.91 Å². The summed E-state index contributed by atoms with van der Waals surface area (Å²) in [5, 5.41) is 0. The number of fused-ring (bicyclic) bond motifs is 1. The molecule has 0 fully saturated rings. The second-order valence-electron chi connectivity index (χ2n) is 6.45. The van der Waals surface area contributed by atoms with Crippen LogP contribution < -0.4 is 0 Å². The number of hydrogen-bond donors (Lipinski definition) is 1. The Morgan fingerprint density at radius 3 is 2.54 bits per heavy atom. The monoisotopic (exact) mass is 374 g/mol. The zero-order chi connectivity index (χ0) is 19.5. The van der Waals surface area contributed by atoms with E-state index >= 15 is 0 Å². The van der Waals surface area contributed by atoms with Gasteiger partial charge >= 0.3 is 0 Å². The maximum absolute atomic E-state index is 13.2. The fourth-order valence-electron chi connectivity index (χ4n) is 3.13. The number of carbonyl (C=O) groups excluding carboxylic acids is 1. The number of nitrogens with zero attached hydrogens (tertiary/aromatic N) is 3. The second-order valence-corrected chi connectivity index (χ2v) is 6.45. The molecule has 0 aliphatic rings. The summed E-state index contributed by atoms with van der Waals surface area (Å²) in [5.41, 5.74) is 3.33. The van der Waals surface area contributed by atoms with Crippen LogP contribution in [-0.4, -0.2) is 32.3 Å². The third-order valence-corrected chi connectivity index (χ3v) is 4.62. The molecule has 2 aromatic heterocycles. The highest BCUT2D eigenvalue weighted by Crippen LogP contribution is 2.23. The van der Waals surface area contributed by atoms with Crippen LogP contribution >= 0.6 is 0 Å². The van der Waals surface area contributed by atoms with E-state index in [0.717, 1.165) is 11.1 Å². The van der Waals surface area contributed by atoms with Gasteiger partial charge in [0.05, 0.1) is 5.56 Å². The summed E-state index contributed by atoms with van der Waals surface area (Å²) in [6.45, 7) is 3.05. The minimum absolute atomic E-state index is 0.101. The number of H-pyrrole nitrogens is 1. The maximum Gasteiger partial charge on any atom is 0.256 e. The number of pyridine rings is 1. The van der Waals surface area contributed by atoms with E-state index < -0.39 is 0 Å². The van der Waals surface area contributed by atoms with Crippen LogP contribution in [0.4, 0.5) is 4.39 Å². The summed E-state index contributed by atoms with van der Waals surface area (Å²) < 4.78 is 13.2. The van der Waals surface area contributed by atoms with Crippen LogP contribution in [0.3, 0.4) is 0 Å². The van der Waals surface area contributed by atoms with E-state index in [1.54, 1.807) is 29.3 Å². The van der Waals surface area contributed by atoms with Crippen LogP contribution in [0.15, 0.2) is 66.9 Å². The molecular weight excluding hydrogens is 355 g/mol. The highest BCUT2D eigenvalue weighted by Gasteiger charge is 2.20. The lowest BCUT2D eigenvalue weighted by atomic mass is 10.1. The lowest BCUT2D eigenvalue weighted by Crippen LogP contribution is -2.30. The van der Waals surface area contributed by atoms with Crippen molar-refractivity contribution in [2.75, 3.05) is 6.54 Å². The molecule has 0 saturated heterocycles. The summed E-state index contributed by atoms with van der Waals surface area (Å²) in [7, 11) is 0. The summed E-state index contributed by atoms with van der Waals surface area (Å²) in [6, 6.07) is 17.6. The Morgan fingerprint density at radius 1 is 1.07 bits per heavy atom. The largest absolute Gasteiger partial charge is 0.335 e. The first-order chi connectivity index (χ1) is 13.7. The van der Waals surface area contributed by atoms with Crippen molar-refractivity contribution in [1.29, 1.82) is 0 Å². The normalized spacial score (nSPS) is 10.9. The summed E-state index contributed by atoms with van der Waals surface area (Å²) in [6.07, 6.45) is 1.60. The fourth-order valence-corrected chi connectivity index (χ4v) is 3.13. The standard InChI is InChI=1S/C22H19FN4O/c1-2-27(14-15-6-4-3-5-7-15)22(28)18-12-13-24-21-19(18)25-20(26-21)16-8-10-17(23)11-9-16/h3-13H,2,14H2,1H3,(H,24,25,26). The molecule has 0 aliphatic heterocycles. The highest BCUT2D eigenvalue weighted by molar-refractivity contribution is 6.04. The van der Waals surface area contributed by atoms with E-state index in [4.69, 9.17) is 0 Å². The first-order valence-electron chi connectivity index (χ1n) is 9.09. The smallest absolute Gasteiger partial charge is 0.256 e. The van der Waals surface area contributed by atoms with Crippen molar-refractivity contribution in [3.8, 4) is 11.4 Å². The van der Waals surface area contributed by atoms with Gasteiger partial charge in [0.15, 0.2) is 5.65 Å². The number of aromatic amines is 1. The van der Waals surface area contributed by atoms with E-state index in [-0.39, 0.29) is 11.7 Å². The number of amides is 1. The summed E-state index contributed by atoms with van der Waals surface area (Å²) >= 11 is 0. The van der Waals surface area contributed by atoms with Crippen molar-refractivity contribution < 1.29 is 9.18 Å². The lowest BCUT2D eigenvalue weighted by molar-refractivity contribution is 0.0754. The number of aromatic nitrogens is 3. The molecule has 0 saturated carbocycles. The van der Waals surface area contributed by atoms with E-state index in [0.29, 0.717) is 35.6 Å². The van der Waals surface area contributed by atoms with Crippen LogP contribution in [0.1, 0.15) is 22.8 Å². The third-order valence-electron chi connectivity index (χ3n) is 4.62. The molecule has 1 N–H and O–H groups in total. The Bertz CT molecular complexity index is 1110. The molecule has 0 aliphatic carbocycles. The van der Waals surface area contributed by atoms with Crippen LogP contribution in [0.2, 0.25) is 0 Å². The molecule has 1 amide bonds. The summed E-state index contributed by atoms with van der Waals surface area (Å²) in [5.74, 6) is 0.137. The Labute approximate surface area is 161 Å². The summed E-state index contributed by atoms with van der Waals surface area (Å²) in [4.78, 5) is 26.9. The van der Waals surface area contributed by atoms with Crippen LogP contribution in [0.5, 0.6) is 0 Å². The number of imidazole rings is 1. The molecule has 0 spiro atoms. The van der Waals surface area contributed by atoms with Gasteiger partial charge < -0.3 is 9.88 Å². The Balaban J connectivity index is 1.69. The van der Waals surface area contributed by atoms with Gasteiger partial charge in [-0.05, 0) is 42.8 Å². The molecule has 4 rings (SSSR count). The molecule has 140 valence electrons. The van der Waals surface area contributed by atoms with Crippen LogP contribution in [-0.2, 0) is 6.54 Å². The zero-order valence-corrected chi connectivity index (χ0v) is 15.4. The Morgan fingerprint density at radius 2 is 1.82 bits per heavy atom. The van der Waals surface area contributed by atoms with Crippen molar-refractivity contribution in [3.63, 3.8) is 0 Å². The van der Waals surface area contributed by atoms with E-state index in [9.17, 15) is 9.18 Å². The Hall–Kier alpha value is -3.54. The van der Waals surface area contributed by atoms with Crippen molar-refractivity contribution in [2.24, 2.45) is 0 Å². The quantitative estimate of drug-likeness (QED) is 0.562. The molecule has 5 nitrogen and oxygen atoms in total. The molecule has 2 aromatic carbocycles. The predicted octanol–water partition coefficient (Wildman–Crippen LogP) is 4.43. The minimum atomic E-state index is -0.312. The van der Waals surface area contributed by atoms with Crippen molar-refractivity contribution in [2.45, 2.75) is 13.5 Å². The van der Waals surface area contributed by atoms with Gasteiger partial charge in [-0.2, -0.15) is 0 Å². The van der Waals surface area contributed by atoms with Gasteiger partial charge in [-0.15, -0.1) is 0 Å². The number of rotatable bonds is 5. The number of halogens is 1. The van der Waals surface area contributed by atoms with E-state index in [1.165, 1.54) is 12.1 Å². The number of benzene rings is 2. The highest BCUT2D eigenvalue weighted by atomic mass is 19.1.